The second-order valence-corrected chi connectivity index (χ2v) is 6.41. The minimum atomic E-state index is -0.648. The fraction of sp³-hybridized carbons (Fsp3) is 0.933. The van der Waals surface area contributed by atoms with Gasteiger partial charge in [0.05, 0.1) is 12.7 Å². The summed E-state index contributed by atoms with van der Waals surface area (Å²) in [6.45, 7) is 7.46. The first-order valence-electron chi connectivity index (χ1n) is 7.77. The highest BCUT2D eigenvalue weighted by Crippen LogP contribution is 2.23. The average Bonchev–Trinajstić information content (AvgIpc) is 2.36. The highest BCUT2D eigenvalue weighted by molar-refractivity contribution is 5.74. The lowest BCUT2D eigenvalue weighted by molar-refractivity contribution is 0.0272. The van der Waals surface area contributed by atoms with Gasteiger partial charge in [-0.25, -0.2) is 4.79 Å². The van der Waals surface area contributed by atoms with Crippen molar-refractivity contribution in [3.05, 3.63) is 0 Å². The van der Waals surface area contributed by atoms with Crippen LogP contribution in [-0.2, 0) is 4.74 Å². The van der Waals surface area contributed by atoms with Gasteiger partial charge >= 0.3 is 6.03 Å². The molecule has 2 amide bonds. The first kappa shape index (κ1) is 17.2. The van der Waals surface area contributed by atoms with E-state index in [1.807, 2.05) is 0 Å². The first-order chi connectivity index (χ1) is 9.47. The van der Waals surface area contributed by atoms with E-state index in [4.69, 9.17) is 4.74 Å². The molecule has 5 heteroatoms. The first-order valence-corrected chi connectivity index (χ1v) is 7.77. The number of aliphatic hydroxyl groups excluding tert-OH is 1. The van der Waals surface area contributed by atoms with Gasteiger partial charge in [-0.05, 0) is 24.7 Å². The maximum absolute atomic E-state index is 11.7. The van der Waals surface area contributed by atoms with Crippen LogP contribution >= 0.6 is 0 Å². The van der Waals surface area contributed by atoms with Crippen LogP contribution in [0.2, 0.25) is 0 Å². The Bertz CT molecular complexity index is 284. The fourth-order valence-corrected chi connectivity index (χ4v) is 2.51. The molecule has 0 aromatic rings. The molecule has 3 unspecified atom stereocenters. The summed E-state index contributed by atoms with van der Waals surface area (Å²) in [6, 6.07) is 0.0834. The lowest BCUT2D eigenvalue weighted by atomic mass is 9.87. The van der Waals surface area contributed by atoms with Gasteiger partial charge in [0.25, 0.3) is 0 Å². The van der Waals surface area contributed by atoms with E-state index < -0.39 is 6.10 Å². The Kier molecular flexibility index (Phi) is 7.92. The van der Waals surface area contributed by atoms with Crippen LogP contribution < -0.4 is 10.6 Å². The number of aliphatic hydroxyl groups is 1. The van der Waals surface area contributed by atoms with Crippen LogP contribution in [0.15, 0.2) is 0 Å². The number of nitrogens with one attached hydrogen (secondary N) is 2. The largest absolute Gasteiger partial charge is 0.389 e. The molecule has 0 aliphatic heterocycles. The van der Waals surface area contributed by atoms with Crippen LogP contribution in [0.25, 0.3) is 0 Å². The van der Waals surface area contributed by atoms with Crippen LogP contribution in [0.3, 0.4) is 0 Å². The lowest BCUT2D eigenvalue weighted by Gasteiger charge is -2.27. The van der Waals surface area contributed by atoms with E-state index in [-0.39, 0.29) is 25.2 Å². The van der Waals surface area contributed by atoms with E-state index in [9.17, 15) is 9.90 Å². The molecule has 0 radical (unpaired) electrons. The Labute approximate surface area is 122 Å². The van der Waals surface area contributed by atoms with Crippen molar-refractivity contribution in [2.75, 3.05) is 19.8 Å². The number of amides is 2. The summed E-state index contributed by atoms with van der Waals surface area (Å²) in [7, 11) is 0. The molecule has 0 bridgehead atoms. The SMILES string of the molecule is CC(C)COCC(O)CNC(=O)NC1CCCC(C)C1. The lowest BCUT2D eigenvalue weighted by Crippen LogP contribution is -2.46. The molecule has 0 aromatic carbocycles. The molecule has 0 spiro atoms. The zero-order chi connectivity index (χ0) is 15.0. The summed E-state index contributed by atoms with van der Waals surface area (Å²) in [5.41, 5.74) is 0. The molecule has 1 fully saturated rings. The van der Waals surface area contributed by atoms with E-state index in [2.05, 4.69) is 31.4 Å². The number of hydrogen-bond acceptors (Lipinski definition) is 3. The smallest absolute Gasteiger partial charge is 0.315 e. The summed E-state index contributed by atoms with van der Waals surface area (Å²) in [5, 5.41) is 15.4. The topological polar surface area (TPSA) is 70.6 Å². The van der Waals surface area contributed by atoms with Gasteiger partial charge in [-0.15, -0.1) is 0 Å². The van der Waals surface area contributed by atoms with Gasteiger partial charge in [0.15, 0.2) is 0 Å². The van der Waals surface area contributed by atoms with Gasteiger partial charge in [0, 0.05) is 19.2 Å². The molecule has 3 N–H and O–H groups in total. The van der Waals surface area contributed by atoms with Crippen molar-refractivity contribution >= 4 is 6.03 Å². The molecular formula is C15H30N2O3. The third-order valence-electron chi connectivity index (χ3n) is 3.53. The molecule has 0 aromatic heterocycles. The van der Waals surface area contributed by atoms with Crippen LogP contribution in [-0.4, -0.2) is 43.0 Å². The summed E-state index contributed by atoms with van der Waals surface area (Å²) < 4.78 is 5.33. The molecular weight excluding hydrogens is 256 g/mol. The Balaban J connectivity index is 2.09. The van der Waals surface area contributed by atoms with Gasteiger partial charge in [-0.3, -0.25) is 0 Å². The predicted octanol–water partition coefficient (Wildman–Crippen LogP) is 1.90. The van der Waals surface area contributed by atoms with Crippen LogP contribution in [0.4, 0.5) is 4.79 Å². The number of carbonyl (C=O) groups excluding carboxylic acids is 1. The molecule has 1 rings (SSSR count). The zero-order valence-electron chi connectivity index (χ0n) is 13.0. The fourth-order valence-electron chi connectivity index (χ4n) is 2.51. The third kappa shape index (κ3) is 7.70. The second-order valence-electron chi connectivity index (χ2n) is 6.41. The molecule has 20 heavy (non-hydrogen) atoms. The Morgan fingerprint density at radius 2 is 2.10 bits per heavy atom. The highest BCUT2D eigenvalue weighted by atomic mass is 16.5. The Morgan fingerprint density at radius 3 is 2.75 bits per heavy atom. The molecule has 1 saturated carbocycles. The second kappa shape index (κ2) is 9.19. The van der Waals surface area contributed by atoms with Gasteiger partial charge in [-0.1, -0.05) is 33.6 Å². The van der Waals surface area contributed by atoms with Crippen molar-refractivity contribution in [2.45, 2.75) is 58.6 Å². The van der Waals surface area contributed by atoms with E-state index >= 15 is 0 Å². The zero-order valence-corrected chi connectivity index (χ0v) is 13.0. The van der Waals surface area contributed by atoms with E-state index in [1.165, 1.54) is 12.8 Å². The van der Waals surface area contributed by atoms with Crippen molar-refractivity contribution in [1.82, 2.24) is 10.6 Å². The number of hydrogen-bond donors (Lipinski definition) is 3. The van der Waals surface area contributed by atoms with Gasteiger partial charge in [-0.2, -0.15) is 0 Å². The Morgan fingerprint density at radius 1 is 1.35 bits per heavy atom. The molecule has 1 aliphatic carbocycles. The van der Waals surface area contributed by atoms with Crippen molar-refractivity contribution < 1.29 is 14.6 Å². The Hall–Kier alpha value is -0.810. The third-order valence-corrected chi connectivity index (χ3v) is 3.53. The quantitative estimate of drug-likeness (QED) is 0.669. The highest BCUT2D eigenvalue weighted by Gasteiger charge is 2.20. The van der Waals surface area contributed by atoms with Gasteiger partial charge < -0.3 is 20.5 Å². The molecule has 118 valence electrons. The van der Waals surface area contributed by atoms with E-state index in [0.29, 0.717) is 18.4 Å². The molecule has 5 nitrogen and oxygen atoms in total. The summed E-state index contributed by atoms with van der Waals surface area (Å²) in [6.07, 6.45) is 3.89. The van der Waals surface area contributed by atoms with Crippen molar-refractivity contribution in [3.63, 3.8) is 0 Å². The van der Waals surface area contributed by atoms with Crippen molar-refractivity contribution in [3.8, 4) is 0 Å². The normalized spacial score (nSPS) is 24.4. The number of rotatable bonds is 7. The predicted molar refractivity (Wildman–Crippen MR) is 79.6 cm³/mol. The summed E-state index contributed by atoms with van der Waals surface area (Å²) in [4.78, 5) is 11.7. The average molecular weight is 286 g/mol. The number of ether oxygens (including phenoxy) is 1. The number of carbonyl (C=O) groups is 1. The van der Waals surface area contributed by atoms with E-state index in [1.54, 1.807) is 0 Å². The van der Waals surface area contributed by atoms with Crippen molar-refractivity contribution in [1.29, 1.82) is 0 Å². The van der Waals surface area contributed by atoms with Gasteiger partial charge in [0.1, 0.15) is 0 Å². The standard InChI is InChI=1S/C15H30N2O3/c1-11(2)9-20-10-14(18)8-16-15(19)17-13-6-4-5-12(3)7-13/h11-14,18H,4-10H2,1-3H3,(H2,16,17,19). The summed E-state index contributed by atoms with van der Waals surface area (Å²) in [5.74, 6) is 1.14. The number of urea groups is 1. The molecule has 0 heterocycles. The maximum atomic E-state index is 11.7. The monoisotopic (exact) mass is 286 g/mol. The summed E-state index contributed by atoms with van der Waals surface area (Å²) >= 11 is 0. The maximum Gasteiger partial charge on any atom is 0.315 e. The molecule has 1 aliphatic rings. The minimum Gasteiger partial charge on any atom is -0.389 e. The van der Waals surface area contributed by atoms with Crippen molar-refractivity contribution in [2.24, 2.45) is 11.8 Å². The molecule has 0 saturated heterocycles. The van der Waals surface area contributed by atoms with Crippen LogP contribution in [0.5, 0.6) is 0 Å². The minimum absolute atomic E-state index is 0.188. The molecule has 3 atom stereocenters. The van der Waals surface area contributed by atoms with Crippen LogP contribution in [0.1, 0.15) is 46.5 Å². The van der Waals surface area contributed by atoms with Crippen LogP contribution in [0, 0.1) is 11.8 Å². The van der Waals surface area contributed by atoms with E-state index in [0.717, 1.165) is 12.8 Å². The van der Waals surface area contributed by atoms with Gasteiger partial charge in [0.2, 0.25) is 0 Å².